The van der Waals surface area contributed by atoms with Crippen LogP contribution in [0.2, 0.25) is 5.02 Å². The summed E-state index contributed by atoms with van der Waals surface area (Å²) in [5.74, 6) is 0.531. The Balaban J connectivity index is 1.18. The quantitative estimate of drug-likeness (QED) is 0.194. The molecule has 0 saturated carbocycles. The maximum Gasteiger partial charge on any atom is 0.411 e. The standard InChI is InChI=1S/C37H35ClN4O3/c1-24(40(2)37(44)45-34-29-15-8-6-13-27(29)28-14-7-9-16-30(28)34)35-39-32-18-10-17-31(38)33(32)36(43)42(35)26-19-21-41(22-20-26)23-25-11-4-3-5-12-25/h3-18,24,26,34H,19-23H2,1-2H3. The number of ether oxygens (including phenoxy) is 1. The summed E-state index contributed by atoms with van der Waals surface area (Å²) in [5.41, 5.74) is 5.69. The fourth-order valence-corrected chi connectivity index (χ4v) is 7.05. The van der Waals surface area contributed by atoms with E-state index < -0.39 is 18.2 Å². The van der Waals surface area contributed by atoms with Gasteiger partial charge < -0.3 is 9.64 Å². The van der Waals surface area contributed by atoms with Crippen molar-refractivity contribution in [2.24, 2.45) is 0 Å². The first kappa shape index (κ1) is 29.3. The summed E-state index contributed by atoms with van der Waals surface area (Å²) in [5, 5.41) is 0.789. The van der Waals surface area contributed by atoms with Crippen molar-refractivity contribution in [3.63, 3.8) is 0 Å². The molecule has 0 bridgehead atoms. The van der Waals surface area contributed by atoms with E-state index in [2.05, 4.69) is 41.3 Å². The van der Waals surface area contributed by atoms with E-state index in [1.807, 2.05) is 49.4 Å². The van der Waals surface area contributed by atoms with Gasteiger partial charge in [-0.2, -0.15) is 0 Å². The number of piperidine rings is 1. The van der Waals surface area contributed by atoms with Crippen LogP contribution in [-0.4, -0.2) is 45.6 Å². The van der Waals surface area contributed by atoms with Crippen LogP contribution in [0.15, 0.2) is 102 Å². The molecule has 0 N–H and O–H groups in total. The molecule has 2 aliphatic rings. The van der Waals surface area contributed by atoms with Crippen molar-refractivity contribution in [1.82, 2.24) is 19.4 Å². The number of aromatic nitrogens is 2. The van der Waals surface area contributed by atoms with Gasteiger partial charge in [-0.25, -0.2) is 9.78 Å². The van der Waals surface area contributed by atoms with Gasteiger partial charge in [0.1, 0.15) is 5.82 Å². The van der Waals surface area contributed by atoms with Crippen molar-refractivity contribution in [1.29, 1.82) is 0 Å². The van der Waals surface area contributed by atoms with E-state index in [1.54, 1.807) is 34.7 Å². The van der Waals surface area contributed by atoms with Crippen LogP contribution in [0.1, 0.15) is 60.5 Å². The molecule has 1 amide bonds. The van der Waals surface area contributed by atoms with Crippen LogP contribution >= 0.6 is 11.6 Å². The Morgan fingerprint density at radius 2 is 1.53 bits per heavy atom. The molecule has 7 rings (SSSR count). The zero-order valence-corrected chi connectivity index (χ0v) is 26.2. The summed E-state index contributed by atoms with van der Waals surface area (Å²) in [7, 11) is 1.71. The Hall–Kier alpha value is -4.46. The zero-order chi connectivity index (χ0) is 31.1. The number of hydrogen-bond donors (Lipinski definition) is 0. The van der Waals surface area contributed by atoms with Crippen LogP contribution in [0.25, 0.3) is 22.0 Å². The molecule has 4 aromatic carbocycles. The number of rotatable bonds is 6. The van der Waals surface area contributed by atoms with Crippen molar-refractivity contribution >= 4 is 28.6 Å². The highest BCUT2D eigenvalue weighted by Gasteiger charge is 2.34. The number of benzene rings is 4. The number of fused-ring (bicyclic) bond motifs is 4. The molecule has 1 saturated heterocycles. The highest BCUT2D eigenvalue weighted by atomic mass is 35.5. The maximum absolute atomic E-state index is 14.2. The Morgan fingerprint density at radius 3 is 2.20 bits per heavy atom. The van der Waals surface area contributed by atoms with Gasteiger partial charge in [0.15, 0.2) is 6.10 Å². The second-order valence-electron chi connectivity index (χ2n) is 12.0. The molecule has 1 aromatic heterocycles. The SMILES string of the molecule is CC(c1nc2cccc(Cl)c2c(=O)n1C1CCN(Cc2ccccc2)CC1)N(C)C(=O)OC1c2ccccc2-c2ccccc21. The fourth-order valence-electron chi connectivity index (χ4n) is 6.80. The molecule has 0 spiro atoms. The zero-order valence-electron chi connectivity index (χ0n) is 25.4. The van der Waals surface area contributed by atoms with Crippen molar-refractivity contribution < 1.29 is 9.53 Å². The number of amides is 1. The third-order valence-electron chi connectivity index (χ3n) is 9.32. The molecule has 1 unspecified atom stereocenters. The van der Waals surface area contributed by atoms with E-state index in [1.165, 1.54) is 5.56 Å². The van der Waals surface area contributed by atoms with Crippen LogP contribution in [0.5, 0.6) is 0 Å². The summed E-state index contributed by atoms with van der Waals surface area (Å²) in [6.07, 6.45) is 0.574. The van der Waals surface area contributed by atoms with Gasteiger partial charge in [0.25, 0.3) is 5.56 Å². The number of nitrogens with zero attached hydrogens (tertiary/aromatic N) is 4. The molecule has 0 radical (unpaired) electrons. The second kappa shape index (κ2) is 12.1. The minimum absolute atomic E-state index is 0.0758. The smallest absolute Gasteiger partial charge is 0.411 e. The molecule has 1 atom stereocenters. The predicted molar refractivity (Wildman–Crippen MR) is 177 cm³/mol. The Labute approximate surface area is 267 Å². The van der Waals surface area contributed by atoms with E-state index >= 15 is 0 Å². The van der Waals surface area contributed by atoms with Crippen LogP contribution in [0.3, 0.4) is 0 Å². The first-order valence-corrected chi connectivity index (χ1v) is 15.9. The van der Waals surface area contributed by atoms with Crippen molar-refractivity contribution in [2.75, 3.05) is 20.1 Å². The highest BCUT2D eigenvalue weighted by molar-refractivity contribution is 6.35. The number of hydrogen-bond acceptors (Lipinski definition) is 5. The molecule has 1 aliphatic heterocycles. The average Bonchev–Trinajstić information content (AvgIpc) is 3.38. The van der Waals surface area contributed by atoms with Gasteiger partial charge in [-0.1, -0.05) is 96.5 Å². The third-order valence-corrected chi connectivity index (χ3v) is 9.63. The maximum atomic E-state index is 14.2. The number of halogens is 1. The summed E-state index contributed by atoms with van der Waals surface area (Å²) in [4.78, 5) is 36.9. The van der Waals surface area contributed by atoms with Gasteiger partial charge in [-0.3, -0.25) is 14.3 Å². The van der Waals surface area contributed by atoms with E-state index in [9.17, 15) is 9.59 Å². The van der Waals surface area contributed by atoms with Crippen LogP contribution in [0, 0.1) is 0 Å². The molecule has 228 valence electrons. The number of carbonyl (C=O) groups excluding carboxylic acids is 1. The van der Waals surface area contributed by atoms with E-state index in [0.717, 1.165) is 54.7 Å². The first-order chi connectivity index (χ1) is 21.9. The third kappa shape index (κ3) is 5.40. The van der Waals surface area contributed by atoms with Crippen LogP contribution in [0.4, 0.5) is 4.79 Å². The lowest BCUT2D eigenvalue weighted by molar-refractivity contribution is 0.0737. The van der Waals surface area contributed by atoms with Crippen molar-refractivity contribution in [3.05, 3.63) is 135 Å². The van der Waals surface area contributed by atoms with Crippen LogP contribution in [-0.2, 0) is 11.3 Å². The minimum atomic E-state index is -0.539. The lowest BCUT2D eigenvalue weighted by Crippen LogP contribution is -2.41. The van der Waals surface area contributed by atoms with Crippen molar-refractivity contribution in [2.45, 2.75) is 44.5 Å². The predicted octanol–water partition coefficient (Wildman–Crippen LogP) is 7.79. The molecular formula is C37H35ClN4O3. The molecule has 2 heterocycles. The lowest BCUT2D eigenvalue weighted by Gasteiger charge is -2.35. The highest BCUT2D eigenvalue weighted by Crippen LogP contribution is 2.45. The summed E-state index contributed by atoms with van der Waals surface area (Å²) in [6, 6.07) is 31.2. The van der Waals surface area contributed by atoms with Gasteiger partial charge in [0.2, 0.25) is 0 Å². The normalized spacial score (nSPS) is 15.9. The van der Waals surface area contributed by atoms with E-state index in [0.29, 0.717) is 21.7 Å². The molecule has 45 heavy (non-hydrogen) atoms. The molecule has 1 fully saturated rings. The summed E-state index contributed by atoms with van der Waals surface area (Å²) in [6.45, 7) is 4.46. The fraction of sp³-hybridized carbons (Fsp3) is 0.270. The summed E-state index contributed by atoms with van der Waals surface area (Å²) >= 11 is 6.56. The average molecular weight is 619 g/mol. The van der Waals surface area contributed by atoms with Gasteiger partial charge >= 0.3 is 6.09 Å². The first-order valence-electron chi connectivity index (χ1n) is 15.5. The molecule has 8 heteroatoms. The van der Waals surface area contributed by atoms with Gasteiger partial charge in [0, 0.05) is 43.9 Å². The lowest BCUT2D eigenvalue weighted by atomic mass is 10.0. The topological polar surface area (TPSA) is 67.7 Å². The van der Waals surface area contributed by atoms with Gasteiger partial charge in [-0.15, -0.1) is 0 Å². The number of likely N-dealkylation sites (tertiary alicyclic amines) is 1. The van der Waals surface area contributed by atoms with Crippen LogP contribution < -0.4 is 5.56 Å². The Kier molecular flexibility index (Phi) is 7.90. The van der Waals surface area contributed by atoms with Gasteiger partial charge in [-0.05, 0) is 48.6 Å². The van der Waals surface area contributed by atoms with E-state index in [-0.39, 0.29) is 11.6 Å². The largest absolute Gasteiger partial charge is 0.436 e. The molecule has 5 aromatic rings. The number of carbonyl (C=O) groups is 1. The summed E-state index contributed by atoms with van der Waals surface area (Å²) < 4.78 is 8.00. The second-order valence-corrected chi connectivity index (χ2v) is 12.4. The van der Waals surface area contributed by atoms with Gasteiger partial charge in [0.05, 0.1) is 22.0 Å². The Morgan fingerprint density at radius 1 is 0.911 bits per heavy atom. The molecule has 1 aliphatic carbocycles. The Bertz CT molecular complexity index is 1890. The van der Waals surface area contributed by atoms with E-state index in [4.69, 9.17) is 21.3 Å². The molecular weight excluding hydrogens is 584 g/mol. The molecule has 7 nitrogen and oxygen atoms in total. The van der Waals surface area contributed by atoms with Crippen molar-refractivity contribution in [3.8, 4) is 11.1 Å². The minimum Gasteiger partial charge on any atom is -0.436 e. The monoisotopic (exact) mass is 618 g/mol.